The van der Waals surface area contributed by atoms with Crippen LogP contribution in [0.1, 0.15) is 59.3 Å². The van der Waals surface area contributed by atoms with Crippen LogP contribution in [-0.2, 0) is 0 Å². The molecule has 0 aromatic heterocycles. The molecule has 1 rings (SSSR count). The fourth-order valence-electron chi connectivity index (χ4n) is 2.50. The van der Waals surface area contributed by atoms with Crippen LogP contribution in [0.3, 0.4) is 0 Å². The topological polar surface area (TPSA) is 23.8 Å². The molecule has 1 aliphatic carbocycles. The van der Waals surface area contributed by atoms with Gasteiger partial charge < -0.3 is 0 Å². The first-order valence-corrected chi connectivity index (χ1v) is 6.46. The van der Waals surface area contributed by atoms with Gasteiger partial charge in [-0.25, -0.2) is 0 Å². The minimum atomic E-state index is -0.0373. The van der Waals surface area contributed by atoms with E-state index >= 15 is 0 Å². The molecule has 0 N–H and O–H groups in total. The van der Waals surface area contributed by atoms with Gasteiger partial charge in [0.15, 0.2) is 0 Å². The fourth-order valence-corrected chi connectivity index (χ4v) is 2.50. The van der Waals surface area contributed by atoms with Crippen LogP contribution in [0.5, 0.6) is 0 Å². The van der Waals surface area contributed by atoms with Crippen LogP contribution in [0, 0.1) is 16.7 Å². The second kappa shape index (κ2) is 5.89. The Balaban J connectivity index is 2.87. The second-order valence-electron chi connectivity index (χ2n) is 4.76. The molecule has 0 spiro atoms. The molecule has 0 saturated heterocycles. The quantitative estimate of drug-likeness (QED) is 0.609. The highest BCUT2D eigenvalue weighted by Gasteiger charge is 2.37. The van der Waals surface area contributed by atoms with Gasteiger partial charge in [-0.3, -0.25) is 0 Å². The number of nitriles is 1. The number of hydrogen-bond acceptors (Lipinski definition) is 1. The molecule has 0 aliphatic heterocycles. The number of rotatable bonds is 5. The van der Waals surface area contributed by atoms with E-state index in [0.717, 1.165) is 32.1 Å². The van der Waals surface area contributed by atoms with Gasteiger partial charge in [0.05, 0.1) is 11.5 Å². The van der Waals surface area contributed by atoms with Gasteiger partial charge in [0.2, 0.25) is 0 Å². The van der Waals surface area contributed by atoms with Crippen LogP contribution in [0.4, 0.5) is 0 Å². The Morgan fingerprint density at radius 1 is 1.31 bits per heavy atom. The van der Waals surface area contributed by atoms with Crippen molar-refractivity contribution >= 4 is 0 Å². The molecule has 1 aliphatic rings. The molecule has 88 valence electrons. The molecule has 1 heteroatoms. The highest BCUT2D eigenvalue weighted by Crippen LogP contribution is 2.46. The van der Waals surface area contributed by atoms with E-state index in [-0.39, 0.29) is 5.41 Å². The lowest BCUT2D eigenvalue weighted by Crippen LogP contribution is -2.28. The molecule has 0 amide bonds. The van der Waals surface area contributed by atoms with Crippen LogP contribution in [-0.4, -0.2) is 0 Å². The van der Waals surface area contributed by atoms with Crippen molar-refractivity contribution in [1.82, 2.24) is 0 Å². The lowest BCUT2D eigenvalue weighted by Gasteiger charge is -2.36. The fraction of sp³-hybridized carbons (Fsp3) is 0.667. The zero-order valence-electron chi connectivity index (χ0n) is 10.8. The summed E-state index contributed by atoms with van der Waals surface area (Å²) in [6.07, 6.45) is 10.9. The Bertz CT molecular complexity index is 318. The molecule has 0 atom stereocenters. The average Bonchev–Trinajstić information content (AvgIpc) is 2.25. The minimum Gasteiger partial charge on any atom is -0.198 e. The van der Waals surface area contributed by atoms with E-state index < -0.39 is 0 Å². The summed E-state index contributed by atoms with van der Waals surface area (Å²) in [5.74, 6) is 0. The Labute approximate surface area is 99.9 Å². The second-order valence-corrected chi connectivity index (χ2v) is 4.76. The summed E-state index contributed by atoms with van der Waals surface area (Å²) >= 11 is 0. The van der Waals surface area contributed by atoms with Crippen molar-refractivity contribution in [2.24, 2.45) is 5.41 Å². The van der Waals surface area contributed by atoms with E-state index in [1.165, 1.54) is 17.6 Å². The van der Waals surface area contributed by atoms with Crippen molar-refractivity contribution in [3.63, 3.8) is 0 Å². The predicted octanol–water partition coefficient (Wildman–Crippen LogP) is 4.76. The molecule has 1 nitrogen and oxygen atoms in total. The lowest BCUT2D eigenvalue weighted by molar-refractivity contribution is 0.214. The predicted molar refractivity (Wildman–Crippen MR) is 68.9 cm³/mol. The van der Waals surface area contributed by atoms with Gasteiger partial charge in [0.1, 0.15) is 0 Å². The van der Waals surface area contributed by atoms with E-state index in [2.05, 4.69) is 39.0 Å². The molecule has 16 heavy (non-hydrogen) atoms. The van der Waals surface area contributed by atoms with Gasteiger partial charge in [-0.2, -0.15) is 5.26 Å². The van der Waals surface area contributed by atoms with E-state index in [9.17, 15) is 5.26 Å². The van der Waals surface area contributed by atoms with E-state index in [0.29, 0.717) is 0 Å². The SMILES string of the molecule is C/C=C\C(CC1(C#N)CCC1)=C(CC)CC. The Morgan fingerprint density at radius 3 is 2.25 bits per heavy atom. The Morgan fingerprint density at radius 2 is 1.94 bits per heavy atom. The third-order valence-electron chi connectivity index (χ3n) is 3.75. The summed E-state index contributed by atoms with van der Waals surface area (Å²) in [5, 5.41) is 9.28. The molecule has 0 aromatic carbocycles. The monoisotopic (exact) mass is 217 g/mol. The smallest absolute Gasteiger partial charge is 0.0693 e. The third-order valence-corrected chi connectivity index (χ3v) is 3.75. The average molecular weight is 217 g/mol. The lowest BCUT2D eigenvalue weighted by atomic mass is 9.66. The van der Waals surface area contributed by atoms with Crippen molar-refractivity contribution in [3.05, 3.63) is 23.3 Å². The summed E-state index contributed by atoms with van der Waals surface area (Å²) < 4.78 is 0. The Kier molecular flexibility index (Phi) is 4.80. The minimum absolute atomic E-state index is 0.0373. The van der Waals surface area contributed by atoms with E-state index in [1.54, 1.807) is 0 Å². The van der Waals surface area contributed by atoms with E-state index in [1.807, 2.05) is 0 Å². The van der Waals surface area contributed by atoms with Crippen molar-refractivity contribution in [2.45, 2.75) is 59.3 Å². The highest BCUT2D eigenvalue weighted by atomic mass is 14.4. The third kappa shape index (κ3) is 2.76. The zero-order chi connectivity index (χ0) is 12.0. The van der Waals surface area contributed by atoms with Gasteiger partial charge in [0, 0.05) is 0 Å². The standard InChI is InChI=1S/C15H23N/c1-4-8-14(13(5-2)6-3)11-15(12-16)9-7-10-15/h4,8H,5-7,9-11H2,1-3H3/b8-4-. The molecule has 0 radical (unpaired) electrons. The molecule has 0 heterocycles. The summed E-state index contributed by atoms with van der Waals surface area (Å²) in [6, 6.07) is 2.54. The maximum atomic E-state index is 9.28. The maximum Gasteiger partial charge on any atom is 0.0693 e. The molecular weight excluding hydrogens is 194 g/mol. The number of nitrogens with zero attached hydrogens (tertiary/aromatic N) is 1. The van der Waals surface area contributed by atoms with Gasteiger partial charge in [-0.15, -0.1) is 0 Å². The van der Waals surface area contributed by atoms with Gasteiger partial charge in [0.25, 0.3) is 0 Å². The van der Waals surface area contributed by atoms with Crippen LogP contribution < -0.4 is 0 Å². The van der Waals surface area contributed by atoms with Crippen LogP contribution in [0.2, 0.25) is 0 Å². The van der Waals surface area contributed by atoms with Crippen molar-refractivity contribution in [3.8, 4) is 6.07 Å². The largest absolute Gasteiger partial charge is 0.198 e. The molecule has 1 fully saturated rings. The highest BCUT2D eigenvalue weighted by molar-refractivity contribution is 5.29. The van der Waals surface area contributed by atoms with Crippen molar-refractivity contribution < 1.29 is 0 Å². The van der Waals surface area contributed by atoms with Gasteiger partial charge >= 0.3 is 0 Å². The first-order valence-electron chi connectivity index (χ1n) is 6.46. The normalized spacial score (nSPS) is 17.9. The summed E-state index contributed by atoms with van der Waals surface area (Å²) in [6.45, 7) is 6.48. The molecule has 0 unspecified atom stereocenters. The van der Waals surface area contributed by atoms with Crippen molar-refractivity contribution in [2.75, 3.05) is 0 Å². The van der Waals surface area contributed by atoms with Crippen LogP contribution in [0.25, 0.3) is 0 Å². The zero-order valence-corrected chi connectivity index (χ0v) is 10.8. The number of hydrogen-bond donors (Lipinski definition) is 0. The molecule has 1 saturated carbocycles. The summed E-state index contributed by atoms with van der Waals surface area (Å²) in [4.78, 5) is 0. The molecular formula is C15H23N. The van der Waals surface area contributed by atoms with Crippen molar-refractivity contribution in [1.29, 1.82) is 5.26 Å². The summed E-state index contributed by atoms with van der Waals surface area (Å²) in [5.41, 5.74) is 2.89. The Hall–Kier alpha value is -1.03. The van der Waals surface area contributed by atoms with Gasteiger partial charge in [-0.1, -0.05) is 38.0 Å². The first kappa shape index (κ1) is 13.0. The van der Waals surface area contributed by atoms with E-state index in [4.69, 9.17) is 0 Å². The first-order chi connectivity index (χ1) is 7.71. The summed E-state index contributed by atoms with van der Waals surface area (Å²) in [7, 11) is 0. The van der Waals surface area contributed by atoms with Crippen LogP contribution in [0.15, 0.2) is 23.3 Å². The molecule has 0 bridgehead atoms. The van der Waals surface area contributed by atoms with Crippen LogP contribution >= 0.6 is 0 Å². The maximum absolute atomic E-state index is 9.28. The van der Waals surface area contributed by atoms with Gasteiger partial charge in [-0.05, 0) is 44.6 Å². The molecule has 0 aromatic rings. The number of allylic oxidation sites excluding steroid dienone is 4.